The molecule has 0 aliphatic rings. The number of nitrogens with two attached hydrogens (primary N) is 1. The first-order valence-electron chi connectivity index (χ1n) is 4.11. The molecule has 0 saturated heterocycles. The Bertz CT molecular complexity index is 233. The Morgan fingerprint density at radius 3 is 2.83 bits per heavy atom. The van der Waals surface area contributed by atoms with Gasteiger partial charge in [0.15, 0.2) is 0 Å². The smallest absolute Gasteiger partial charge is 0.0571 e. The van der Waals surface area contributed by atoms with Crippen molar-refractivity contribution in [2.75, 3.05) is 0 Å². The fourth-order valence-electron chi connectivity index (χ4n) is 1.07. The molecular formula is C9H13BrN2. The summed E-state index contributed by atoms with van der Waals surface area (Å²) in [5, 5.41) is 0. The van der Waals surface area contributed by atoms with E-state index >= 15 is 0 Å². The maximum atomic E-state index is 5.88. The van der Waals surface area contributed by atoms with Crippen molar-refractivity contribution in [2.45, 2.75) is 25.8 Å². The molecule has 0 radical (unpaired) electrons. The molecular weight excluding hydrogens is 216 g/mol. The lowest BCUT2D eigenvalue weighted by atomic mass is 10.1. The third-order valence-electron chi connectivity index (χ3n) is 1.73. The van der Waals surface area contributed by atoms with Gasteiger partial charge in [-0.2, -0.15) is 0 Å². The minimum atomic E-state index is 0.0862. The van der Waals surface area contributed by atoms with Crippen LogP contribution >= 0.6 is 15.9 Å². The topological polar surface area (TPSA) is 38.9 Å². The first kappa shape index (κ1) is 9.68. The monoisotopic (exact) mass is 228 g/mol. The summed E-state index contributed by atoms with van der Waals surface area (Å²) in [5.41, 5.74) is 6.85. The van der Waals surface area contributed by atoms with Crippen molar-refractivity contribution in [3.63, 3.8) is 0 Å². The van der Waals surface area contributed by atoms with Gasteiger partial charge < -0.3 is 5.73 Å². The average Bonchev–Trinajstić information content (AvgIpc) is 2.06. The van der Waals surface area contributed by atoms with Crippen LogP contribution in [0.4, 0.5) is 0 Å². The number of halogens is 1. The quantitative estimate of drug-likeness (QED) is 0.865. The van der Waals surface area contributed by atoms with Crippen molar-refractivity contribution in [3.05, 3.63) is 28.5 Å². The van der Waals surface area contributed by atoms with E-state index in [1.54, 1.807) is 6.20 Å². The second-order valence-corrected chi connectivity index (χ2v) is 3.71. The van der Waals surface area contributed by atoms with E-state index in [2.05, 4.69) is 27.8 Å². The molecule has 0 spiro atoms. The van der Waals surface area contributed by atoms with E-state index < -0.39 is 0 Å². The van der Waals surface area contributed by atoms with Crippen molar-refractivity contribution in [1.29, 1.82) is 0 Å². The van der Waals surface area contributed by atoms with E-state index in [4.69, 9.17) is 5.73 Å². The highest BCUT2D eigenvalue weighted by Gasteiger charge is 2.04. The maximum absolute atomic E-state index is 5.88. The molecule has 0 unspecified atom stereocenters. The number of pyridine rings is 1. The van der Waals surface area contributed by atoms with Gasteiger partial charge in [-0.1, -0.05) is 13.3 Å². The number of hydrogen-bond donors (Lipinski definition) is 1. The molecule has 0 bridgehead atoms. The molecule has 1 aromatic heterocycles. The number of aromatic nitrogens is 1. The molecule has 2 nitrogen and oxygen atoms in total. The summed E-state index contributed by atoms with van der Waals surface area (Å²) in [7, 11) is 0. The highest BCUT2D eigenvalue weighted by molar-refractivity contribution is 9.10. The Balaban J connectivity index is 2.68. The van der Waals surface area contributed by atoms with Crippen LogP contribution in [0.15, 0.2) is 22.8 Å². The summed E-state index contributed by atoms with van der Waals surface area (Å²) < 4.78 is 0.995. The summed E-state index contributed by atoms with van der Waals surface area (Å²) in [4.78, 5) is 4.22. The van der Waals surface area contributed by atoms with Crippen LogP contribution in [0.1, 0.15) is 31.5 Å². The molecule has 0 aliphatic carbocycles. The van der Waals surface area contributed by atoms with E-state index in [1.807, 2.05) is 12.1 Å². The van der Waals surface area contributed by atoms with Gasteiger partial charge in [0.25, 0.3) is 0 Å². The van der Waals surface area contributed by atoms with Crippen LogP contribution in [0, 0.1) is 0 Å². The molecule has 0 aliphatic heterocycles. The lowest BCUT2D eigenvalue weighted by Crippen LogP contribution is -2.11. The van der Waals surface area contributed by atoms with Crippen molar-refractivity contribution in [1.82, 2.24) is 4.98 Å². The van der Waals surface area contributed by atoms with Gasteiger partial charge in [-0.05, 0) is 34.5 Å². The summed E-state index contributed by atoms with van der Waals surface area (Å²) in [6.07, 6.45) is 3.87. The minimum Gasteiger partial charge on any atom is -0.323 e. The zero-order chi connectivity index (χ0) is 8.97. The third-order valence-corrected chi connectivity index (χ3v) is 2.20. The SMILES string of the molecule is CCC[C@@H](N)c1ccc(Br)cn1. The average molecular weight is 229 g/mol. The molecule has 3 heteroatoms. The molecule has 0 saturated carbocycles. The number of rotatable bonds is 3. The Morgan fingerprint density at radius 2 is 2.33 bits per heavy atom. The van der Waals surface area contributed by atoms with Crippen LogP contribution < -0.4 is 5.73 Å². The standard InChI is InChI=1S/C9H13BrN2/c1-2-3-8(11)9-5-4-7(10)6-12-9/h4-6,8H,2-3,11H2,1H3/t8-/m1/s1. The first-order valence-corrected chi connectivity index (χ1v) is 4.90. The van der Waals surface area contributed by atoms with Crippen LogP contribution in [0.3, 0.4) is 0 Å². The van der Waals surface area contributed by atoms with Crippen LogP contribution in [0.5, 0.6) is 0 Å². The third kappa shape index (κ3) is 2.57. The molecule has 12 heavy (non-hydrogen) atoms. The highest BCUT2D eigenvalue weighted by Crippen LogP contribution is 2.15. The zero-order valence-electron chi connectivity index (χ0n) is 7.13. The van der Waals surface area contributed by atoms with E-state index in [1.165, 1.54) is 0 Å². The van der Waals surface area contributed by atoms with Gasteiger partial charge in [0.05, 0.1) is 5.69 Å². The van der Waals surface area contributed by atoms with Gasteiger partial charge in [-0.25, -0.2) is 0 Å². The molecule has 1 heterocycles. The van der Waals surface area contributed by atoms with Crippen LogP contribution in [0.25, 0.3) is 0 Å². The van der Waals surface area contributed by atoms with Crippen LogP contribution in [-0.2, 0) is 0 Å². The number of nitrogens with zero attached hydrogens (tertiary/aromatic N) is 1. The molecule has 1 rings (SSSR count). The van der Waals surface area contributed by atoms with E-state index in [-0.39, 0.29) is 6.04 Å². The lowest BCUT2D eigenvalue weighted by Gasteiger charge is -2.08. The fraction of sp³-hybridized carbons (Fsp3) is 0.444. The van der Waals surface area contributed by atoms with Crippen LogP contribution in [-0.4, -0.2) is 4.98 Å². The van der Waals surface area contributed by atoms with Gasteiger partial charge in [-0.3, -0.25) is 4.98 Å². The van der Waals surface area contributed by atoms with Gasteiger partial charge >= 0.3 is 0 Å². The largest absolute Gasteiger partial charge is 0.323 e. The van der Waals surface area contributed by atoms with Crippen molar-refractivity contribution in [2.24, 2.45) is 5.73 Å². The Hall–Kier alpha value is -0.410. The van der Waals surface area contributed by atoms with Crippen molar-refractivity contribution in [3.8, 4) is 0 Å². The number of hydrogen-bond acceptors (Lipinski definition) is 2. The second-order valence-electron chi connectivity index (χ2n) is 2.80. The summed E-state index contributed by atoms with van der Waals surface area (Å²) in [5.74, 6) is 0. The lowest BCUT2D eigenvalue weighted by molar-refractivity contribution is 0.621. The van der Waals surface area contributed by atoms with Gasteiger partial charge in [0, 0.05) is 16.7 Å². The predicted molar refractivity (Wildman–Crippen MR) is 53.8 cm³/mol. The van der Waals surface area contributed by atoms with E-state index in [9.17, 15) is 0 Å². The fourth-order valence-corrected chi connectivity index (χ4v) is 1.30. The highest BCUT2D eigenvalue weighted by atomic mass is 79.9. The van der Waals surface area contributed by atoms with E-state index in [0.717, 1.165) is 23.0 Å². The molecule has 0 aromatic carbocycles. The normalized spacial score (nSPS) is 12.9. The van der Waals surface area contributed by atoms with Crippen molar-refractivity contribution < 1.29 is 0 Å². The second kappa shape index (κ2) is 4.58. The zero-order valence-corrected chi connectivity index (χ0v) is 8.71. The summed E-state index contributed by atoms with van der Waals surface area (Å²) >= 11 is 3.33. The molecule has 0 amide bonds. The predicted octanol–water partition coefficient (Wildman–Crippen LogP) is 2.64. The Labute approximate surface area is 81.3 Å². The molecule has 2 N–H and O–H groups in total. The van der Waals surface area contributed by atoms with E-state index in [0.29, 0.717) is 0 Å². The van der Waals surface area contributed by atoms with Gasteiger partial charge in [-0.15, -0.1) is 0 Å². The van der Waals surface area contributed by atoms with Crippen molar-refractivity contribution >= 4 is 15.9 Å². The van der Waals surface area contributed by atoms with Gasteiger partial charge in [0.1, 0.15) is 0 Å². The Kier molecular flexibility index (Phi) is 3.69. The molecule has 66 valence electrons. The van der Waals surface area contributed by atoms with Gasteiger partial charge in [0.2, 0.25) is 0 Å². The minimum absolute atomic E-state index is 0.0862. The van der Waals surface area contributed by atoms with Crippen LogP contribution in [0.2, 0.25) is 0 Å². The molecule has 0 fully saturated rings. The summed E-state index contributed by atoms with van der Waals surface area (Å²) in [6, 6.07) is 4.02. The molecule has 1 atom stereocenters. The Morgan fingerprint density at radius 1 is 1.58 bits per heavy atom. The molecule has 1 aromatic rings. The summed E-state index contributed by atoms with van der Waals surface area (Å²) in [6.45, 7) is 2.12. The first-order chi connectivity index (χ1) is 5.74. The maximum Gasteiger partial charge on any atom is 0.0571 e.